The van der Waals surface area contributed by atoms with Crippen molar-refractivity contribution in [1.82, 2.24) is 38.5 Å². The van der Waals surface area contributed by atoms with Gasteiger partial charge in [-0.2, -0.15) is 13.8 Å². The van der Waals surface area contributed by atoms with Gasteiger partial charge in [0.1, 0.15) is 22.7 Å². The maximum atomic E-state index is 14.6. The van der Waals surface area contributed by atoms with Crippen molar-refractivity contribution in [3.63, 3.8) is 0 Å². The summed E-state index contributed by atoms with van der Waals surface area (Å²) in [6, 6.07) is 23.7. The highest BCUT2D eigenvalue weighted by Gasteiger charge is 2.30. The first kappa shape index (κ1) is 40.0. The smallest absolute Gasteiger partial charge is 0.387 e. The third-order valence-corrected chi connectivity index (χ3v) is 11.5. The number of imidazole rings is 1. The lowest BCUT2D eigenvalue weighted by atomic mass is 9.94. The molecule has 0 aliphatic carbocycles. The molecular formula is C46H46F3N9O3. The minimum absolute atomic E-state index is 0.0819. The van der Waals surface area contributed by atoms with Gasteiger partial charge in [0.2, 0.25) is 5.95 Å². The van der Waals surface area contributed by atoms with E-state index in [1.54, 1.807) is 76.1 Å². The molecule has 7 aromatic rings. The fourth-order valence-electron chi connectivity index (χ4n) is 8.83. The lowest BCUT2D eigenvalue weighted by Crippen LogP contribution is -2.41. The van der Waals surface area contributed by atoms with Crippen molar-refractivity contribution >= 4 is 39.7 Å². The molecule has 12 nitrogen and oxygen atoms in total. The van der Waals surface area contributed by atoms with Gasteiger partial charge in [0.15, 0.2) is 5.65 Å². The van der Waals surface area contributed by atoms with Crippen LogP contribution in [0.25, 0.3) is 27.9 Å². The van der Waals surface area contributed by atoms with E-state index in [0.717, 1.165) is 60.3 Å². The van der Waals surface area contributed by atoms with Crippen molar-refractivity contribution in [1.29, 1.82) is 0 Å². The zero-order valence-electron chi connectivity index (χ0n) is 34.2. The number of likely N-dealkylation sites (tertiary alicyclic amines) is 1. The summed E-state index contributed by atoms with van der Waals surface area (Å²) in [7, 11) is 0. The summed E-state index contributed by atoms with van der Waals surface area (Å²) in [5.74, 6) is -0.344. The van der Waals surface area contributed by atoms with Gasteiger partial charge in [0.05, 0.1) is 24.1 Å². The molecule has 61 heavy (non-hydrogen) atoms. The molecule has 0 saturated carbocycles. The molecule has 15 heteroatoms. The highest BCUT2D eigenvalue weighted by molar-refractivity contribution is 5.95. The van der Waals surface area contributed by atoms with Crippen molar-refractivity contribution in [3.05, 3.63) is 136 Å². The SMILES string of the molecule is CC(C)(C)CN1CCC(n2c(=O)n(-c3ccc(C(=O)N4CCc5c(n(Cc6ccc(OC(F)F)cc6)c6ncccc56)C4)cc3)c3cnc(Nc4ccccc4F)nc32)CC1. The molecule has 2 aliphatic rings. The van der Waals surface area contributed by atoms with Crippen LogP contribution in [0.5, 0.6) is 5.75 Å². The molecule has 0 unspecified atom stereocenters. The summed E-state index contributed by atoms with van der Waals surface area (Å²) in [5, 5.41) is 4.00. The van der Waals surface area contributed by atoms with E-state index < -0.39 is 12.4 Å². The molecule has 1 N–H and O–H groups in total. The summed E-state index contributed by atoms with van der Waals surface area (Å²) in [6.07, 6.45) is 5.48. The summed E-state index contributed by atoms with van der Waals surface area (Å²) < 4.78 is 50.1. The average Bonchev–Trinajstić information content (AvgIpc) is 3.71. The second-order valence-electron chi connectivity index (χ2n) is 17.0. The Balaban J connectivity index is 0.999. The average molecular weight is 830 g/mol. The van der Waals surface area contributed by atoms with Gasteiger partial charge in [-0.3, -0.25) is 13.9 Å². The molecule has 1 fully saturated rings. The lowest BCUT2D eigenvalue weighted by Gasteiger charge is -2.36. The Morgan fingerprint density at radius 3 is 2.39 bits per heavy atom. The molecule has 1 amide bonds. The second kappa shape index (κ2) is 16.2. The largest absolute Gasteiger partial charge is 0.435 e. The summed E-state index contributed by atoms with van der Waals surface area (Å²) in [6.45, 7) is 7.67. The zero-order valence-corrected chi connectivity index (χ0v) is 34.2. The number of para-hydroxylation sites is 1. The number of hydrogen-bond donors (Lipinski definition) is 1. The number of halogens is 3. The van der Waals surface area contributed by atoms with E-state index in [1.807, 2.05) is 17.0 Å². The Bertz CT molecular complexity index is 2780. The van der Waals surface area contributed by atoms with Gasteiger partial charge in [0.25, 0.3) is 5.91 Å². The highest BCUT2D eigenvalue weighted by atomic mass is 19.3. The predicted molar refractivity (Wildman–Crippen MR) is 227 cm³/mol. The third-order valence-electron chi connectivity index (χ3n) is 11.5. The lowest BCUT2D eigenvalue weighted by molar-refractivity contribution is -0.0498. The van der Waals surface area contributed by atoms with Crippen LogP contribution in [0.3, 0.4) is 0 Å². The normalized spacial score (nSPS) is 15.2. The number of carbonyl (C=O) groups excluding carboxylic acids is 1. The topological polar surface area (TPSA) is 115 Å². The van der Waals surface area contributed by atoms with Gasteiger partial charge in [0, 0.05) is 61.6 Å². The van der Waals surface area contributed by atoms with E-state index >= 15 is 0 Å². The quantitative estimate of drug-likeness (QED) is 0.146. The maximum Gasteiger partial charge on any atom is 0.387 e. The highest BCUT2D eigenvalue weighted by Crippen LogP contribution is 2.33. The number of benzene rings is 3. The number of anilines is 2. The maximum absolute atomic E-state index is 14.6. The van der Waals surface area contributed by atoms with Crippen molar-refractivity contribution in [2.45, 2.75) is 65.8 Å². The summed E-state index contributed by atoms with van der Waals surface area (Å²) in [5.41, 5.74) is 5.84. The van der Waals surface area contributed by atoms with Gasteiger partial charge < -0.3 is 24.4 Å². The van der Waals surface area contributed by atoms with Crippen LogP contribution >= 0.6 is 0 Å². The number of fused-ring (bicyclic) bond motifs is 4. The van der Waals surface area contributed by atoms with E-state index in [0.29, 0.717) is 48.5 Å². The van der Waals surface area contributed by atoms with Crippen molar-refractivity contribution in [2.75, 3.05) is 31.5 Å². The number of piperidine rings is 1. The van der Waals surface area contributed by atoms with E-state index in [-0.39, 0.29) is 40.4 Å². The molecule has 1 saturated heterocycles. The zero-order chi connectivity index (χ0) is 42.4. The first-order chi connectivity index (χ1) is 29.4. The van der Waals surface area contributed by atoms with E-state index in [2.05, 4.69) is 50.3 Å². The Kier molecular flexibility index (Phi) is 10.6. The molecule has 314 valence electrons. The number of nitrogens with one attached hydrogen (secondary N) is 1. The van der Waals surface area contributed by atoms with E-state index in [1.165, 1.54) is 18.2 Å². The van der Waals surface area contributed by atoms with Crippen LogP contribution in [0.1, 0.15) is 66.8 Å². The van der Waals surface area contributed by atoms with Crippen LogP contribution in [0.15, 0.2) is 102 Å². The number of aromatic nitrogens is 6. The minimum atomic E-state index is -2.91. The molecule has 0 spiro atoms. The summed E-state index contributed by atoms with van der Waals surface area (Å²) in [4.78, 5) is 47.0. The van der Waals surface area contributed by atoms with Gasteiger partial charge in [-0.1, -0.05) is 45.0 Å². The predicted octanol–water partition coefficient (Wildman–Crippen LogP) is 8.35. The number of carbonyl (C=O) groups is 1. The van der Waals surface area contributed by atoms with Gasteiger partial charge in [-0.15, -0.1) is 0 Å². The fourth-order valence-corrected chi connectivity index (χ4v) is 8.83. The number of pyridine rings is 1. The number of hydrogen-bond acceptors (Lipinski definition) is 8. The minimum Gasteiger partial charge on any atom is -0.435 e. The van der Waals surface area contributed by atoms with Crippen molar-refractivity contribution in [2.24, 2.45) is 5.41 Å². The molecule has 9 rings (SSSR count). The van der Waals surface area contributed by atoms with Crippen LogP contribution in [-0.2, 0) is 19.5 Å². The molecule has 6 heterocycles. The first-order valence-electron chi connectivity index (χ1n) is 20.5. The van der Waals surface area contributed by atoms with Crippen LogP contribution in [0.4, 0.5) is 24.8 Å². The molecule has 2 aliphatic heterocycles. The van der Waals surface area contributed by atoms with Crippen molar-refractivity contribution < 1.29 is 22.7 Å². The molecule has 4 aromatic heterocycles. The molecule has 0 radical (unpaired) electrons. The first-order valence-corrected chi connectivity index (χ1v) is 20.5. The molecule has 0 atom stereocenters. The van der Waals surface area contributed by atoms with Crippen LogP contribution in [0.2, 0.25) is 0 Å². The Labute approximate surface area is 350 Å². The van der Waals surface area contributed by atoms with Crippen LogP contribution < -0.4 is 15.7 Å². The van der Waals surface area contributed by atoms with Gasteiger partial charge in [-0.05, 0) is 96.5 Å². The Morgan fingerprint density at radius 1 is 0.918 bits per heavy atom. The monoisotopic (exact) mass is 829 g/mol. The molecule has 3 aromatic carbocycles. The van der Waals surface area contributed by atoms with E-state index in [9.17, 15) is 22.8 Å². The number of amides is 1. The number of nitrogens with zero attached hydrogens (tertiary/aromatic N) is 8. The number of ether oxygens (including phenoxy) is 1. The second-order valence-corrected chi connectivity index (χ2v) is 17.0. The molecule has 0 bridgehead atoms. The van der Waals surface area contributed by atoms with Gasteiger partial charge in [-0.25, -0.2) is 19.2 Å². The standard InChI is InChI=1S/C46H46F3N9O3/c1-46(2,3)28-54-22-18-32(19-23-54)58-41-38(25-51-44(53-41)52-37-9-5-4-8-36(37)47)57(45(58)60)31-14-12-30(13-15-31)42(59)55-24-20-34-35-7-6-21-50-40(35)56(39(34)27-55)26-29-10-16-33(17-11-29)61-43(48)49/h4-17,21,25,32,43H,18-20,22-24,26-28H2,1-3H3,(H,51,52,53). The Morgan fingerprint density at radius 2 is 1.67 bits per heavy atom. The number of rotatable bonds is 10. The fraction of sp³-hybridized carbons (Fsp3) is 0.326. The van der Waals surface area contributed by atoms with E-state index in [4.69, 9.17) is 4.98 Å². The number of alkyl halides is 2. The van der Waals surface area contributed by atoms with Crippen molar-refractivity contribution in [3.8, 4) is 11.4 Å². The van der Waals surface area contributed by atoms with Crippen LogP contribution in [0, 0.1) is 11.2 Å². The Hall–Kier alpha value is -6.48. The van der Waals surface area contributed by atoms with Gasteiger partial charge >= 0.3 is 12.3 Å². The molecular weight excluding hydrogens is 784 g/mol. The third kappa shape index (κ3) is 8.09. The summed E-state index contributed by atoms with van der Waals surface area (Å²) >= 11 is 0. The van der Waals surface area contributed by atoms with Crippen LogP contribution in [-0.4, -0.2) is 77.2 Å².